The smallest absolute Gasteiger partial charge is 0.131 e. The highest BCUT2D eigenvalue weighted by Crippen LogP contribution is 2.11. The highest BCUT2D eigenvalue weighted by Gasteiger charge is 2.03. The van der Waals surface area contributed by atoms with Crippen LogP contribution in [0, 0.1) is 0 Å². The van der Waals surface area contributed by atoms with Crippen molar-refractivity contribution in [1.29, 1.82) is 0 Å². The van der Waals surface area contributed by atoms with E-state index in [-0.39, 0.29) is 0 Å². The van der Waals surface area contributed by atoms with Crippen LogP contribution in [0.3, 0.4) is 0 Å². The van der Waals surface area contributed by atoms with Crippen molar-refractivity contribution < 1.29 is 0 Å². The second kappa shape index (κ2) is 5.34. The van der Waals surface area contributed by atoms with E-state index in [1.165, 1.54) is 6.33 Å². The van der Waals surface area contributed by atoms with Gasteiger partial charge in [0, 0.05) is 5.92 Å². The Kier molecular flexibility index (Phi) is 4.09. The van der Waals surface area contributed by atoms with Gasteiger partial charge in [-0.05, 0) is 0 Å². The quantitative estimate of drug-likeness (QED) is 0.716. The number of aromatic nitrogens is 4. The Labute approximate surface area is 89.8 Å². The van der Waals surface area contributed by atoms with Crippen LogP contribution in [-0.2, 0) is 0 Å². The average Bonchev–Trinajstić information content (AvgIpc) is 2.31. The van der Waals surface area contributed by atoms with Gasteiger partial charge in [-0.15, -0.1) is 0 Å². The second-order valence-corrected chi connectivity index (χ2v) is 3.18. The fourth-order valence-corrected chi connectivity index (χ4v) is 1.08. The van der Waals surface area contributed by atoms with E-state index in [1.807, 2.05) is 13.8 Å². The Balaban J connectivity index is 0.000000531. The fraction of sp³-hybridized carbons (Fsp3) is 0.455. The number of hydrogen-bond donors (Lipinski definition) is 0. The summed E-state index contributed by atoms with van der Waals surface area (Å²) in [5.41, 5.74) is 1.60. The van der Waals surface area contributed by atoms with Crippen molar-refractivity contribution in [2.75, 3.05) is 0 Å². The molecule has 0 N–H and O–H groups in total. The summed E-state index contributed by atoms with van der Waals surface area (Å²) in [6.45, 7) is 8.12. The third-order valence-corrected chi connectivity index (χ3v) is 1.79. The zero-order valence-electron chi connectivity index (χ0n) is 9.60. The van der Waals surface area contributed by atoms with E-state index in [4.69, 9.17) is 0 Å². The summed E-state index contributed by atoms with van der Waals surface area (Å²) in [5.74, 6) is 1.17. The van der Waals surface area contributed by atoms with E-state index >= 15 is 0 Å². The fourth-order valence-electron chi connectivity index (χ4n) is 1.08. The minimum atomic E-state index is 0.338. The van der Waals surface area contributed by atoms with Crippen LogP contribution in [-0.4, -0.2) is 19.9 Å². The molecule has 2 heterocycles. The molecule has 0 saturated carbocycles. The molecule has 0 saturated heterocycles. The van der Waals surface area contributed by atoms with Crippen LogP contribution in [0.4, 0.5) is 0 Å². The predicted octanol–water partition coefficient (Wildman–Crippen LogP) is 2.57. The van der Waals surface area contributed by atoms with Crippen LogP contribution in [0.25, 0.3) is 11.0 Å². The molecule has 15 heavy (non-hydrogen) atoms. The summed E-state index contributed by atoms with van der Waals surface area (Å²) in [4.78, 5) is 16.5. The van der Waals surface area contributed by atoms with Gasteiger partial charge in [-0.1, -0.05) is 27.7 Å². The third kappa shape index (κ3) is 2.68. The second-order valence-electron chi connectivity index (χ2n) is 3.18. The van der Waals surface area contributed by atoms with Crippen LogP contribution in [0.1, 0.15) is 39.4 Å². The van der Waals surface area contributed by atoms with Gasteiger partial charge in [0.1, 0.15) is 23.2 Å². The zero-order chi connectivity index (χ0) is 11.3. The summed E-state index contributed by atoms with van der Waals surface area (Å²) in [6, 6.07) is 0. The molecule has 0 aromatic carbocycles. The van der Waals surface area contributed by atoms with Crippen LogP contribution in [0.5, 0.6) is 0 Å². The molecule has 0 unspecified atom stereocenters. The summed E-state index contributed by atoms with van der Waals surface area (Å²) in [7, 11) is 0. The lowest BCUT2D eigenvalue weighted by Gasteiger charge is -2.02. The van der Waals surface area contributed by atoms with Crippen LogP contribution >= 0.6 is 0 Å². The van der Waals surface area contributed by atoms with E-state index in [9.17, 15) is 0 Å². The first-order valence-electron chi connectivity index (χ1n) is 5.20. The summed E-state index contributed by atoms with van der Waals surface area (Å²) >= 11 is 0. The molecule has 0 aliphatic rings. The zero-order valence-corrected chi connectivity index (χ0v) is 9.60. The standard InChI is InChI=1S/C9H10N4.C2H6/c1-6(2)9-11-4-7-8(13-9)3-10-5-12-7;1-2/h3-6H,1-2H3;1-2H3. The van der Waals surface area contributed by atoms with Crippen molar-refractivity contribution in [1.82, 2.24) is 19.9 Å². The minimum Gasteiger partial charge on any atom is -0.243 e. The Morgan fingerprint density at radius 3 is 2.40 bits per heavy atom. The molecule has 0 spiro atoms. The van der Waals surface area contributed by atoms with Gasteiger partial charge in [0.25, 0.3) is 0 Å². The predicted molar refractivity (Wildman–Crippen MR) is 60.6 cm³/mol. The lowest BCUT2D eigenvalue weighted by atomic mass is 10.2. The van der Waals surface area contributed by atoms with Gasteiger partial charge >= 0.3 is 0 Å². The van der Waals surface area contributed by atoms with E-state index in [1.54, 1.807) is 12.4 Å². The van der Waals surface area contributed by atoms with Crippen molar-refractivity contribution in [3.05, 3.63) is 24.5 Å². The molecule has 0 atom stereocenters. The molecule has 2 aromatic rings. The molecule has 80 valence electrons. The van der Waals surface area contributed by atoms with Crippen LogP contribution in [0.15, 0.2) is 18.7 Å². The molecular formula is C11H16N4. The van der Waals surface area contributed by atoms with Gasteiger partial charge in [0.05, 0.1) is 12.4 Å². The van der Waals surface area contributed by atoms with Gasteiger partial charge in [-0.3, -0.25) is 0 Å². The van der Waals surface area contributed by atoms with Gasteiger partial charge in [0.2, 0.25) is 0 Å². The maximum Gasteiger partial charge on any atom is 0.131 e. The van der Waals surface area contributed by atoms with Gasteiger partial charge < -0.3 is 0 Å². The molecule has 2 rings (SSSR count). The molecule has 0 amide bonds. The number of hydrogen-bond acceptors (Lipinski definition) is 4. The molecule has 4 heteroatoms. The van der Waals surface area contributed by atoms with Crippen molar-refractivity contribution in [2.45, 2.75) is 33.6 Å². The van der Waals surface area contributed by atoms with Gasteiger partial charge in [-0.2, -0.15) is 0 Å². The number of rotatable bonds is 1. The Morgan fingerprint density at radius 1 is 1.00 bits per heavy atom. The number of fused-ring (bicyclic) bond motifs is 1. The summed E-state index contributed by atoms with van der Waals surface area (Å²) in [6.07, 6.45) is 4.94. The van der Waals surface area contributed by atoms with Crippen LogP contribution in [0.2, 0.25) is 0 Å². The van der Waals surface area contributed by atoms with Crippen molar-refractivity contribution in [2.24, 2.45) is 0 Å². The Bertz CT molecular complexity index is 426. The first-order valence-corrected chi connectivity index (χ1v) is 5.20. The minimum absolute atomic E-state index is 0.338. The van der Waals surface area contributed by atoms with Crippen molar-refractivity contribution in [3.8, 4) is 0 Å². The average molecular weight is 204 g/mol. The van der Waals surface area contributed by atoms with Crippen molar-refractivity contribution >= 4 is 11.0 Å². The summed E-state index contributed by atoms with van der Waals surface area (Å²) in [5, 5.41) is 0. The van der Waals surface area contributed by atoms with Gasteiger partial charge in [-0.25, -0.2) is 19.9 Å². The van der Waals surface area contributed by atoms with E-state index in [0.29, 0.717) is 5.92 Å². The van der Waals surface area contributed by atoms with E-state index in [2.05, 4.69) is 33.8 Å². The molecule has 0 aliphatic carbocycles. The maximum atomic E-state index is 4.34. The molecule has 4 nitrogen and oxygen atoms in total. The molecule has 0 radical (unpaired) electrons. The van der Waals surface area contributed by atoms with E-state index < -0.39 is 0 Å². The lowest BCUT2D eigenvalue weighted by Crippen LogP contribution is -1.97. The van der Waals surface area contributed by atoms with Gasteiger partial charge in [0.15, 0.2) is 0 Å². The monoisotopic (exact) mass is 204 g/mol. The van der Waals surface area contributed by atoms with E-state index in [0.717, 1.165) is 16.9 Å². The van der Waals surface area contributed by atoms with Crippen LogP contribution < -0.4 is 0 Å². The molecule has 2 aromatic heterocycles. The normalized spacial score (nSPS) is 9.93. The highest BCUT2D eigenvalue weighted by atomic mass is 14.9. The lowest BCUT2D eigenvalue weighted by molar-refractivity contribution is 0.781. The van der Waals surface area contributed by atoms with Crippen molar-refractivity contribution in [3.63, 3.8) is 0 Å². The first-order chi connectivity index (χ1) is 7.27. The first kappa shape index (κ1) is 11.5. The maximum absolute atomic E-state index is 4.34. The summed E-state index contributed by atoms with van der Waals surface area (Å²) < 4.78 is 0. The Hall–Kier alpha value is -1.58. The SMILES string of the molecule is CC.CC(C)c1ncc2ncncc2n1. The number of nitrogens with zero attached hydrogens (tertiary/aromatic N) is 4. The highest BCUT2D eigenvalue weighted by molar-refractivity contribution is 5.71. The molecular weight excluding hydrogens is 188 g/mol. The Morgan fingerprint density at radius 2 is 1.73 bits per heavy atom. The molecule has 0 bridgehead atoms. The third-order valence-electron chi connectivity index (χ3n) is 1.79. The topological polar surface area (TPSA) is 51.6 Å². The molecule has 0 aliphatic heterocycles. The largest absolute Gasteiger partial charge is 0.243 e. The molecule has 0 fully saturated rings.